The highest BCUT2D eigenvalue weighted by Gasteiger charge is 2.16. The van der Waals surface area contributed by atoms with Crippen LogP contribution in [0.15, 0.2) is 18.2 Å². The van der Waals surface area contributed by atoms with Crippen molar-refractivity contribution >= 4 is 11.3 Å². The zero-order valence-corrected chi connectivity index (χ0v) is 14.1. The van der Waals surface area contributed by atoms with Gasteiger partial charge in [0, 0.05) is 33.2 Å². The summed E-state index contributed by atoms with van der Waals surface area (Å²) in [5, 5.41) is 3.70. The maximum absolute atomic E-state index is 4.60. The Morgan fingerprint density at radius 1 is 1.05 bits per heavy atom. The topological polar surface area (TPSA) is 24.9 Å². The average Bonchev–Trinajstić information content (AvgIpc) is 2.74. The Morgan fingerprint density at radius 2 is 1.75 bits per heavy atom. The van der Waals surface area contributed by atoms with E-state index in [2.05, 4.69) is 70.0 Å². The van der Waals surface area contributed by atoms with E-state index in [0.717, 1.165) is 11.4 Å². The number of aromatic nitrogens is 1. The lowest BCUT2D eigenvalue weighted by molar-refractivity contribution is 0.495. The summed E-state index contributed by atoms with van der Waals surface area (Å²) in [5.41, 5.74) is 4.88. The lowest BCUT2D eigenvalue weighted by Crippen LogP contribution is -2.23. The number of pyridine rings is 1. The standard InChI is InChI=1S/C17H24N2S/c1-10-9-11(2)18-14(5)17(10)15(6)19-13(4)16-8-7-12(3)20-16/h7-9,13,15,19H,1-6H3. The van der Waals surface area contributed by atoms with Gasteiger partial charge in [0.1, 0.15) is 0 Å². The van der Waals surface area contributed by atoms with Crippen molar-refractivity contribution in [2.75, 3.05) is 0 Å². The number of hydrogen-bond acceptors (Lipinski definition) is 3. The summed E-state index contributed by atoms with van der Waals surface area (Å²) in [4.78, 5) is 7.36. The third kappa shape index (κ3) is 3.28. The predicted octanol–water partition coefficient (Wildman–Crippen LogP) is 4.79. The Balaban J connectivity index is 2.18. The zero-order valence-electron chi connectivity index (χ0n) is 13.2. The van der Waals surface area contributed by atoms with Gasteiger partial charge in [-0.25, -0.2) is 0 Å². The van der Waals surface area contributed by atoms with E-state index in [1.807, 2.05) is 11.3 Å². The van der Waals surface area contributed by atoms with E-state index in [1.165, 1.54) is 20.9 Å². The van der Waals surface area contributed by atoms with Crippen LogP contribution in [0, 0.1) is 27.7 Å². The first-order valence-corrected chi connectivity index (χ1v) is 7.97. The molecule has 0 fully saturated rings. The molecule has 3 heteroatoms. The smallest absolute Gasteiger partial charge is 0.0426 e. The second-order valence-electron chi connectivity index (χ2n) is 5.64. The minimum absolute atomic E-state index is 0.306. The van der Waals surface area contributed by atoms with Crippen molar-refractivity contribution in [3.8, 4) is 0 Å². The summed E-state index contributed by atoms with van der Waals surface area (Å²) in [6.07, 6.45) is 0. The van der Waals surface area contributed by atoms with Crippen LogP contribution < -0.4 is 5.32 Å². The van der Waals surface area contributed by atoms with Crippen molar-refractivity contribution in [2.45, 2.75) is 53.6 Å². The maximum Gasteiger partial charge on any atom is 0.0426 e. The fraction of sp³-hybridized carbons (Fsp3) is 0.471. The Labute approximate surface area is 126 Å². The largest absolute Gasteiger partial charge is 0.303 e. The van der Waals surface area contributed by atoms with Gasteiger partial charge in [-0.05, 0) is 70.9 Å². The molecule has 2 unspecified atom stereocenters. The number of hydrogen-bond donors (Lipinski definition) is 1. The van der Waals surface area contributed by atoms with Crippen LogP contribution in [-0.2, 0) is 0 Å². The first kappa shape index (κ1) is 15.2. The normalized spacial score (nSPS) is 14.3. The summed E-state index contributed by atoms with van der Waals surface area (Å²) in [6.45, 7) is 12.9. The quantitative estimate of drug-likeness (QED) is 0.875. The molecule has 1 N–H and O–H groups in total. The van der Waals surface area contributed by atoms with E-state index in [4.69, 9.17) is 0 Å². The fourth-order valence-electron chi connectivity index (χ4n) is 2.91. The highest BCUT2D eigenvalue weighted by atomic mass is 32.1. The molecular formula is C17H24N2S. The summed E-state index contributed by atoms with van der Waals surface area (Å²) in [5.74, 6) is 0. The van der Waals surface area contributed by atoms with Crippen molar-refractivity contribution in [2.24, 2.45) is 0 Å². The number of thiophene rings is 1. The summed E-state index contributed by atoms with van der Waals surface area (Å²) in [6, 6.07) is 7.24. The van der Waals surface area contributed by atoms with Gasteiger partial charge >= 0.3 is 0 Å². The highest BCUT2D eigenvalue weighted by molar-refractivity contribution is 7.12. The van der Waals surface area contributed by atoms with Crippen molar-refractivity contribution in [1.82, 2.24) is 10.3 Å². The molecule has 0 spiro atoms. The molecule has 0 aromatic carbocycles. The van der Waals surface area contributed by atoms with Crippen molar-refractivity contribution < 1.29 is 0 Å². The molecule has 0 aliphatic heterocycles. The monoisotopic (exact) mass is 288 g/mol. The second-order valence-corrected chi connectivity index (χ2v) is 6.96. The van der Waals surface area contributed by atoms with Gasteiger partial charge in [0.25, 0.3) is 0 Å². The summed E-state index contributed by atoms with van der Waals surface area (Å²) in [7, 11) is 0. The molecule has 2 heterocycles. The van der Waals surface area contributed by atoms with Crippen LogP contribution in [0.3, 0.4) is 0 Å². The Hall–Kier alpha value is -1.19. The van der Waals surface area contributed by atoms with Crippen LogP contribution in [0.1, 0.15) is 58.2 Å². The van der Waals surface area contributed by atoms with Gasteiger partial charge in [0.05, 0.1) is 0 Å². The van der Waals surface area contributed by atoms with Crippen LogP contribution in [0.2, 0.25) is 0 Å². The highest BCUT2D eigenvalue weighted by Crippen LogP contribution is 2.27. The number of rotatable bonds is 4. The van der Waals surface area contributed by atoms with E-state index in [1.54, 1.807) is 0 Å². The summed E-state index contributed by atoms with van der Waals surface area (Å²) < 4.78 is 0. The molecule has 2 aromatic rings. The van der Waals surface area contributed by atoms with Crippen molar-refractivity contribution in [3.63, 3.8) is 0 Å². The minimum atomic E-state index is 0.306. The van der Waals surface area contributed by atoms with Gasteiger partial charge in [-0.3, -0.25) is 4.98 Å². The van der Waals surface area contributed by atoms with Gasteiger partial charge < -0.3 is 5.32 Å². The van der Waals surface area contributed by atoms with Gasteiger partial charge in [-0.1, -0.05) is 0 Å². The third-order valence-electron chi connectivity index (χ3n) is 3.71. The lowest BCUT2D eigenvalue weighted by atomic mass is 9.99. The van der Waals surface area contributed by atoms with Crippen LogP contribution >= 0.6 is 11.3 Å². The summed E-state index contributed by atoms with van der Waals surface area (Å²) >= 11 is 1.87. The molecule has 20 heavy (non-hydrogen) atoms. The molecule has 0 radical (unpaired) electrons. The molecule has 2 atom stereocenters. The van der Waals surface area contributed by atoms with Crippen LogP contribution in [0.4, 0.5) is 0 Å². The molecule has 2 nitrogen and oxygen atoms in total. The number of nitrogens with zero attached hydrogens (tertiary/aromatic N) is 1. The predicted molar refractivity (Wildman–Crippen MR) is 87.5 cm³/mol. The molecule has 0 saturated heterocycles. The molecular weight excluding hydrogens is 264 g/mol. The van der Waals surface area contributed by atoms with Gasteiger partial charge in [-0.15, -0.1) is 11.3 Å². The molecule has 0 amide bonds. The van der Waals surface area contributed by atoms with Gasteiger partial charge in [-0.2, -0.15) is 0 Å². The van der Waals surface area contributed by atoms with Gasteiger partial charge in [0.2, 0.25) is 0 Å². The molecule has 0 bridgehead atoms. The molecule has 2 aromatic heterocycles. The molecule has 108 valence electrons. The average molecular weight is 288 g/mol. The lowest BCUT2D eigenvalue weighted by Gasteiger charge is -2.22. The first-order chi connectivity index (χ1) is 9.38. The molecule has 0 saturated carbocycles. The second kappa shape index (κ2) is 6.06. The van der Waals surface area contributed by atoms with Crippen molar-refractivity contribution in [1.29, 1.82) is 0 Å². The van der Waals surface area contributed by atoms with Crippen molar-refractivity contribution in [3.05, 3.63) is 50.5 Å². The fourth-order valence-corrected chi connectivity index (χ4v) is 3.80. The number of nitrogens with one attached hydrogen (secondary N) is 1. The van der Waals surface area contributed by atoms with E-state index in [9.17, 15) is 0 Å². The maximum atomic E-state index is 4.60. The first-order valence-electron chi connectivity index (χ1n) is 7.15. The van der Waals surface area contributed by atoms with Crippen LogP contribution in [0.5, 0.6) is 0 Å². The third-order valence-corrected chi connectivity index (χ3v) is 4.89. The van der Waals surface area contributed by atoms with E-state index in [-0.39, 0.29) is 0 Å². The SMILES string of the molecule is Cc1cc(C)c(C(C)NC(C)c2ccc(C)s2)c(C)n1. The number of aryl methyl sites for hydroxylation is 4. The molecule has 2 rings (SSSR count). The Morgan fingerprint density at radius 3 is 2.30 bits per heavy atom. The van der Waals surface area contributed by atoms with E-state index in [0.29, 0.717) is 12.1 Å². The zero-order chi connectivity index (χ0) is 14.9. The molecule has 0 aliphatic rings. The van der Waals surface area contributed by atoms with Crippen LogP contribution in [0.25, 0.3) is 0 Å². The van der Waals surface area contributed by atoms with E-state index >= 15 is 0 Å². The Bertz CT molecular complexity index is 578. The van der Waals surface area contributed by atoms with Crippen LogP contribution in [-0.4, -0.2) is 4.98 Å². The van der Waals surface area contributed by atoms with Gasteiger partial charge in [0.15, 0.2) is 0 Å². The minimum Gasteiger partial charge on any atom is -0.303 e. The van der Waals surface area contributed by atoms with E-state index < -0.39 is 0 Å². The Kier molecular flexibility index (Phi) is 4.61. The molecule has 0 aliphatic carbocycles.